The van der Waals surface area contributed by atoms with E-state index in [0.717, 1.165) is 5.56 Å². The molecule has 0 aromatic heterocycles. The van der Waals surface area contributed by atoms with Crippen LogP contribution in [0.4, 0.5) is 4.39 Å². The first-order valence-electron chi connectivity index (χ1n) is 8.25. The number of rotatable bonds is 5. The molecule has 5 heteroatoms. The summed E-state index contributed by atoms with van der Waals surface area (Å²) in [5.74, 6) is -1.16. The molecule has 1 N–H and O–H groups in total. The molecule has 0 atom stereocenters. The van der Waals surface area contributed by atoms with Crippen LogP contribution in [0.15, 0.2) is 72.8 Å². The molecule has 1 amide bonds. The van der Waals surface area contributed by atoms with Gasteiger partial charge in [0.05, 0.1) is 17.2 Å². The molecule has 0 saturated carbocycles. The fourth-order valence-electron chi connectivity index (χ4n) is 2.61. The van der Waals surface area contributed by atoms with Gasteiger partial charge in [0.25, 0.3) is 5.91 Å². The van der Waals surface area contributed by atoms with E-state index >= 15 is 0 Å². The first kappa shape index (κ1) is 18.0. The molecule has 27 heavy (non-hydrogen) atoms. The third-order valence-corrected chi connectivity index (χ3v) is 4.06. The topological polar surface area (TPSA) is 70.0 Å². The second-order valence-corrected chi connectivity index (χ2v) is 5.87. The third-order valence-electron chi connectivity index (χ3n) is 4.06. The molecule has 0 heterocycles. The summed E-state index contributed by atoms with van der Waals surface area (Å²) in [7, 11) is 0. The Hall–Kier alpha value is -3.78. The van der Waals surface area contributed by atoms with Crippen molar-refractivity contribution >= 4 is 11.7 Å². The van der Waals surface area contributed by atoms with E-state index in [1.807, 2.05) is 6.07 Å². The van der Waals surface area contributed by atoms with Crippen LogP contribution >= 0.6 is 0 Å². The molecule has 0 radical (unpaired) electrons. The number of hydrogen-bond acceptors (Lipinski definition) is 3. The molecule has 132 valence electrons. The zero-order valence-corrected chi connectivity index (χ0v) is 14.3. The SMILES string of the molecule is N#Cc1ccc(CNC(=O)c2ccccc2C(=O)c2ccc(F)cc2)cc1. The summed E-state index contributed by atoms with van der Waals surface area (Å²) in [6.07, 6.45) is 0. The Morgan fingerprint density at radius 3 is 2.15 bits per heavy atom. The molecule has 0 aliphatic rings. The van der Waals surface area contributed by atoms with Crippen molar-refractivity contribution < 1.29 is 14.0 Å². The van der Waals surface area contributed by atoms with E-state index in [1.54, 1.807) is 48.5 Å². The lowest BCUT2D eigenvalue weighted by Crippen LogP contribution is -2.25. The number of ketones is 1. The zero-order chi connectivity index (χ0) is 19.2. The second-order valence-electron chi connectivity index (χ2n) is 5.87. The lowest BCUT2D eigenvalue weighted by Gasteiger charge is -2.10. The Morgan fingerprint density at radius 1 is 0.889 bits per heavy atom. The largest absolute Gasteiger partial charge is 0.348 e. The molecule has 0 bridgehead atoms. The van der Waals surface area contributed by atoms with Crippen molar-refractivity contribution in [3.63, 3.8) is 0 Å². The standard InChI is InChI=1S/C22H15FN2O2/c23-18-11-9-17(10-12-18)21(26)19-3-1-2-4-20(19)22(27)25-14-16-7-5-15(13-24)6-8-16/h1-12H,14H2,(H,25,27). The van der Waals surface area contributed by atoms with Crippen molar-refractivity contribution in [2.75, 3.05) is 0 Å². The first-order valence-corrected chi connectivity index (χ1v) is 8.25. The van der Waals surface area contributed by atoms with Crippen molar-refractivity contribution in [2.24, 2.45) is 0 Å². The van der Waals surface area contributed by atoms with Gasteiger partial charge < -0.3 is 5.32 Å². The molecule has 0 saturated heterocycles. The van der Waals surface area contributed by atoms with E-state index in [9.17, 15) is 14.0 Å². The van der Waals surface area contributed by atoms with Gasteiger partial charge in [0.2, 0.25) is 0 Å². The lowest BCUT2D eigenvalue weighted by atomic mass is 9.98. The van der Waals surface area contributed by atoms with Crippen LogP contribution in [0.2, 0.25) is 0 Å². The number of carbonyl (C=O) groups is 2. The number of hydrogen-bond donors (Lipinski definition) is 1. The van der Waals surface area contributed by atoms with E-state index in [1.165, 1.54) is 24.3 Å². The summed E-state index contributed by atoms with van der Waals surface area (Å²) in [6.45, 7) is 0.267. The Morgan fingerprint density at radius 2 is 1.52 bits per heavy atom. The van der Waals surface area contributed by atoms with Crippen LogP contribution in [0.25, 0.3) is 0 Å². The average Bonchev–Trinajstić information content (AvgIpc) is 2.72. The Balaban J connectivity index is 1.78. The quantitative estimate of drug-likeness (QED) is 0.704. The number of amides is 1. The van der Waals surface area contributed by atoms with Crippen molar-refractivity contribution in [1.29, 1.82) is 5.26 Å². The van der Waals surface area contributed by atoms with Crippen LogP contribution in [-0.4, -0.2) is 11.7 Å². The van der Waals surface area contributed by atoms with Gasteiger partial charge in [0, 0.05) is 17.7 Å². The van der Waals surface area contributed by atoms with Gasteiger partial charge in [-0.25, -0.2) is 4.39 Å². The highest BCUT2D eigenvalue weighted by Gasteiger charge is 2.18. The maximum atomic E-state index is 13.1. The van der Waals surface area contributed by atoms with Crippen molar-refractivity contribution in [1.82, 2.24) is 5.32 Å². The van der Waals surface area contributed by atoms with Gasteiger partial charge >= 0.3 is 0 Å². The van der Waals surface area contributed by atoms with Crippen LogP contribution in [0.1, 0.15) is 37.4 Å². The lowest BCUT2D eigenvalue weighted by molar-refractivity contribution is 0.0939. The van der Waals surface area contributed by atoms with E-state index in [4.69, 9.17) is 5.26 Å². The molecule has 0 fully saturated rings. The highest BCUT2D eigenvalue weighted by molar-refractivity contribution is 6.15. The summed E-state index contributed by atoms with van der Waals surface area (Å²) < 4.78 is 13.1. The predicted molar refractivity (Wildman–Crippen MR) is 98.6 cm³/mol. The summed E-state index contributed by atoms with van der Waals surface area (Å²) in [5, 5.41) is 11.6. The van der Waals surface area contributed by atoms with E-state index in [2.05, 4.69) is 5.32 Å². The number of carbonyl (C=O) groups excluding carboxylic acids is 2. The highest BCUT2D eigenvalue weighted by atomic mass is 19.1. The van der Waals surface area contributed by atoms with Crippen molar-refractivity contribution in [3.8, 4) is 6.07 Å². The Bertz CT molecular complexity index is 1020. The van der Waals surface area contributed by atoms with Crippen LogP contribution in [0.3, 0.4) is 0 Å². The van der Waals surface area contributed by atoms with Crippen molar-refractivity contribution in [2.45, 2.75) is 6.54 Å². The number of nitriles is 1. The molecular formula is C22H15FN2O2. The summed E-state index contributed by atoms with van der Waals surface area (Å²) >= 11 is 0. The molecule has 0 unspecified atom stereocenters. The highest BCUT2D eigenvalue weighted by Crippen LogP contribution is 2.16. The predicted octanol–water partition coefficient (Wildman–Crippen LogP) is 3.86. The van der Waals surface area contributed by atoms with E-state index in [-0.39, 0.29) is 29.4 Å². The molecule has 0 aliphatic carbocycles. The fourth-order valence-corrected chi connectivity index (χ4v) is 2.61. The summed E-state index contributed by atoms with van der Waals surface area (Å²) in [5.41, 5.74) is 2.19. The normalized spacial score (nSPS) is 10.1. The second kappa shape index (κ2) is 8.07. The monoisotopic (exact) mass is 358 g/mol. The smallest absolute Gasteiger partial charge is 0.252 e. The minimum atomic E-state index is -0.431. The van der Waals surface area contributed by atoms with Crippen LogP contribution < -0.4 is 5.32 Å². The van der Waals surface area contributed by atoms with E-state index in [0.29, 0.717) is 11.1 Å². The number of benzene rings is 3. The van der Waals surface area contributed by atoms with E-state index < -0.39 is 5.82 Å². The van der Waals surface area contributed by atoms with Gasteiger partial charge in [0.1, 0.15) is 5.82 Å². The minimum Gasteiger partial charge on any atom is -0.348 e. The minimum absolute atomic E-state index is 0.250. The molecular weight excluding hydrogens is 343 g/mol. The molecule has 4 nitrogen and oxygen atoms in total. The summed E-state index contributed by atoms with van der Waals surface area (Å²) in [4.78, 5) is 25.3. The first-order chi connectivity index (χ1) is 13.1. The third kappa shape index (κ3) is 4.25. The Labute approximate surface area is 155 Å². The van der Waals surface area contributed by atoms with Crippen LogP contribution in [-0.2, 0) is 6.54 Å². The summed E-state index contributed by atoms with van der Waals surface area (Å²) in [6, 6.07) is 20.6. The van der Waals surface area contributed by atoms with Crippen LogP contribution in [0, 0.1) is 17.1 Å². The van der Waals surface area contributed by atoms with Gasteiger partial charge in [-0.15, -0.1) is 0 Å². The molecule has 3 aromatic rings. The molecule has 3 aromatic carbocycles. The maximum absolute atomic E-state index is 13.1. The van der Waals surface area contributed by atoms with Gasteiger partial charge in [-0.1, -0.05) is 30.3 Å². The van der Waals surface area contributed by atoms with Gasteiger partial charge in [-0.2, -0.15) is 5.26 Å². The average molecular weight is 358 g/mol. The van der Waals surface area contributed by atoms with Gasteiger partial charge in [0.15, 0.2) is 5.78 Å². The van der Waals surface area contributed by atoms with Gasteiger partial charge in [-0.05, 0) is 48.0 Å². The molecule has 0 aliphatic heterocycles. The fraction of sp³-hybridized carbons (Fsp3) is 0.0455. The molecule has 3 rings (SSSR count). The number of nitrogens with zero attached hydrogens (tertiary/aromatic N) is 1. The number of nitrogens with one attached hydrogen (secondary N) is 1. The molecule has 0 spiro atoms. The van der Waals surface area contributed by atoms with Crippen LogP contribution in [0.5, 0.6) is 0 Å². The zero-order valence-electron chi connectivity index (χ0n) is 14.3. The van der Waals surface area contributed by atoms with Gasteiger partial charge in [-0.3, -0.25) is 9.59 Å². The van der Waals surface area contributed by atoms with Crippen molar-refractivity contribution in [3.05, 3.63) is 106 Å². The maximum Gasteiger partial charge on any atom is 0.252 e. The Kier molecular flexibility index (Phi) is 5.38. The number of halogens is 1.